The average Bonchev–Trinajstić information content (AvgIpc) is 3.19. The van der Waals surface area contributed by atoms with Crippen LogP contribution in [0.1, 0.15) is 61.2 Å². The molecule has 2 rings (SSSR count). The number of thiophene rings is 1. The Bertz CT molecular complexity index is 507. The van der Waals surface area contributed by atoms with Gasteiger partial charge in [-0.25, -0.2) is 4.79 Å². The van der Waals surface area contributed by atoms with Crippen molar-refractivity contribution in [3.05, 3.63) is 10.4 Å². The number of rotatable bonds is 7. The maximum absolute atomic E-state index is 12.1. The van der Waals surface area contributed by atoms with Crippen LogP contribution in [-0.4, -0.2) is 26.2 Å². The van der Waals surface area contributed by atoms with Crippen molar-refractivity contribution in [2.75, 3.05) is 30.8 Å². The molecule has 1 aromatic heterocycles. The summed E-state index contributed by atoms with van der Waals surface area (Å²) in [5, 5.41) is 1.15. The number of esters is 1. The molecule has 0 aromatic carbocycles. The second-order valence-corrected chi connectivity index (χ2v) is 7.16. The van der Waals surface area contributed by atoms with Crippen molar-refractivity contribution in [3.63, 3.8) is 0 Å². The third-order valence-corrected chi connectivity index (χ3v) is 5.11. The summed E-state index contributed by atoms with van der Waals surface area (Å²) in [5.74, 6) is 0.907. The van der Waals surface area contributed by atoms with Gasteiger partial charge < -0.3 is 15.4 Å². The van der Waals surface area contributed by atoms with Gasteiger partial charge in [-0.1, -0.05) is 13.8 Å². The molecule has 2 N–H and O–H groups in total. The molecule has 0 spiro atoms. The van der Waals surface area contributed by atoms with Crippen molar-refractivity contribution in [2.24, 2.45) is 5.92 Å². The van der Waals surface area contributed by atoms with Crippen LogP contribution in [-0.2, 0) is 4.74 Å². The predicted molar refractivity (Wildman–Crippen MR) is 89.4 cm³/mol. The van der Waals surface area contributed by atoms with Gasteiger partial charge in [0.2, 0.25) is 0 Å². The number of hydrogen-bond donors (Lipinski definition) is 1. The Labute approximate surface area is 131 Å². The molecule has 0 bridgehead atoms. The molecule has 1 fully saturated rings. The number of nitrogens with zero attached hydrogens (tertiary/aromatic N) is 1. The average molecular weight is 310 g/mol. The van der Waals surface area contributed by atoms with Gasteiger partial charge in [-0.3, -0.25) is 0 Å². The van der Waals surface area contributed by atoms with Crippen LogP contribution in [0.4, 0.5) is 10.7 Å². The van der Waals surface area contributed by atoms with Crippen molar-refractivity contribution in [2.45, 2.75) is 46.0 Å². The molecule has 5 heteroatoms. The maximum atomic E-state index is 12.1. The van der Waals surface area contributed by atoms with Gasteiger partial charge in [-0.05, 0) is 38.0 Å². The zero-order valence-electron chi connectivity index (χ0n) is 13.4. The Balaban J connectivity index is 2.26. The molecular formula is C16H26N2O2S. The fourth-order valence-corrected chi connectivity index (χ4v) is 3.59. The Morgan fingerprint density at radius 3 is 2.67 bits per heavy atom. The van der Waals surface area contributed by atoms with Gasteiger partial charge in [0.1, 0.15) is 4.88 Å². The topological polar surface area (TPSA) is 55.6 Å². The largest absolute Gasteiger partial charge is 0.462 e. The van der Waals surface area contributed by atoms with Gasteiger partial charge in [0.15, 0.2) is 0 Å². The molecular weight excluding hydrogens is 284 g/mol. The number of ether oxygens (including phenoxy) is 1. The highest BCUT2D eigenvalue weighted by molar-refractivity contribution is 7.18. The highest BCUT2D eigenvalue weighted by atomic mass is 32.1. The lowest BCUT2D eigenvalue weighted by atomic mass is 10.1. The van der Waals surface area contributed by atoms with Gasteiger partial charge in [-0.15, -0.1) is 11.3 Å². The first-order valence-electron chi connectivity index (χ1n) is 7.76. The first-order valence-corrected chi connectivity index (χ1v) is 8.57. The van der Waals surface area contributed by atoms with Crippen LogP contribution in [0.5, 0.6) is 0 Å². The van der Waals surface area contributed by atoms with Gasteiger partial charge in [0, 0.05) is 19.2 Å². The van der Waals surface area contributed by atoms with Gasteiger partial charge in [0.25, 0.3) is 0 Å². The third kappa shape index (κ3) is 3.70. The lowest BCUT2D eigenvalue weighted by molar-refractivity contribution is 0.0533. The van der Waals surface area contributed by atoms with Gasteiger partial charge in [-0.2, -0.15) is 0 Å². The first kappa shape index (κ1) is 16.1. The van der Waals surface area contributed by atoms with E-state index in [9.17, 15) is 4.79 Å². The fraction of sp³-hybridized carbons (Fsp3) is 0.688. The van der Waals surface area contributed by atoms with E-state index in [2.05, 4.69) is 25.8 Å². The highest BCUT2D eigenvalue weighted by Crippen LogP contribution is 2.51. The van der Waals surface area contributed by atoms with E-state index in [1.165, 1.54) is 29.7 Å². The second kappa shape index (κ2) is 6.69. The Morgan fingerprint density at radius 2 is 2.14 bits per heavy atom. The summed E-state index contributed by atoms with van der Waals surface area (Å²) >= 11 is 1.49. The second-order valence-electron chi connectivity index (χ2n) is 6.16. The molecule has 1 heterocycles. The van der Waals surface area contributed by atoms with Crippen molar-refractivity contribution >= 4 is 28.0 Å². The highest BCUT2D eigenvalue weighted by Gasteiger charge is 2.34. The maximum Gasteiger partial charge on any atom is 0.350 e. The molecule has 0 atom stereocenters. The SMILES string of the molecule is CCOC(=O)c1sc(N(C)CCC(C)C)c(C2CC2)c1N. The van der Waals surface area contributed by atoms with Crippen molar-refractivity contribution in [1.29, 1.82) is 0 Å². The van der Waals surface area contributed by atoms with E-state index < -0.39 is 0 Å². The molecule has 0 aliphatic heterocycles. The smallest absolute Gasteiger partial charge is 0.350 e. The lowest BCUT2D eigenvalue weighted by Crippen LogP contribution is -2.19. The molecule has 0 radical (unpaired) electrons. The summed E-state index contributed by atoms with van der Waals surface area (Å²) in [6.45, 7) is 7.64. The molecule has 1 aliphatic carbocycles. The minimum Gasteiger partial charge on any atom is -0.462 e. The van der Waals surface area contributed by atoms with Crippen LogP contribution in [0.3, 0.4) is 0 Å². The van der Waals surface area contributed by atoms with E-state index in [1.54, 1.807) is 0 Å². The summed E-state index contributed by atoms with van der Waals surface area (Å²) < 4.78 is 5.13. The van der Waals surface area contributed by atoms with Crippen molar-refractivity contribution < 1.29 is 9.53 Å². The van der Waals surface area contributed by atoms with E-state index >= 15 is 0 Å². The number of nitrogens with two attached hydrogens (primary N) is 1. The monoisotopic (exact) mass is 310 g/mol. The molecule has 0 amide bonds. The molecule has 0 unspecified atom stereocenters. The van der Waals surface area contributed by atoms with Crippen LogP contribution in [0.2, 0.25) is 0 Å². The van der Waals surface area contributed by atoms with E-state index in [-0.39, 0.29) is 5.97 Å². The summed E-state index contributed by atoms with van der Waals surface area (Å²) in [5.41, 5.74) is 8.07. The molecule has 0 saturated heterocycles. The molecule has 4 nitrogen and oxygen atoms in total. The summed E-state index contributed by atoms with van der Waals surface area (Å²) in [7, 11) is 2.09. The summed E-state index contributed by atoms with van der Waals surface area (Å²) in [4.78, 5) is 14.9. The van der Waals surface area contributed by atoms with Crippen LogP contribution in [0, 0.1) is 5.92 Å². The summed E-state index contributed by atoms with van der Waals surface area (Å²) in [6, 6.07) is 0. The lowest BCUT2D eigenvalue weighted by Gasteiger charge is -2.20. The van der Waals surface area contributed by atoms with E-state index in [1.807, 2.05) is 6.92 Å². The van der Waals surface area contributed by atoms with Crippen molar-refractivity contribution in [1.82, 2.24) is 0 Å². The quantitative estimate of drug-likeness (QED) is 0.777. The minimum absolute atomic E-state index is 0.287. The number of carbonyl (C=O) groups is 1. The Hall–Kier alpha value is -1.23. The molecule has 1 aliphatic rings. The Morgan fingerprint density at radius 1 is 1.48 bits per heavy atom. The number of nitrogen functional groups attached to an aromatic ring is 1. The number of hydrogen-bond acceptors (Lipinski definition) is 5. The van der Waals surface area contributed by atoms with Gasteiger partial charge >= 0.3 is 5.97 Å². The van der Waals surface area contributed by atoms with Crippen LogP contribution < -0.4 is 10.6 Å². The standard InChI is InChI=1S/C16H26N2O2S/c1-5-20-16(19)14-13(17)12(11-6-7-11)15(21-14)18(4)9-8-10(2)3/h10-11H,5-9,17H2,1-4H3. The zero-order chi connectivity index (χ0) is 15.6. The van der Waals surface area contributed by atoms with Gasteiger partial charge in [0.05, 0.1) is 17.3 Å². The first-order chi connectivity index (χ1) is 9.95. The number of carbonyl (C=O) groups excluding carboxylic acids is 1. The fourth-order valence-electron chi connectivity index (χ4n) is 2.40. The van der Waals surface area contributed by atoms with E-state index in [0.29, 0.717) is 29.0 Å². The molecule has 1 aromatic rings. The molecule has 1 saturated carbocycles. The Kier molecular flexibility index (Phi) is 5.14. The van der Waals surface area contributed by atoms with E-state index in [0.717, 1.165) is 18.0 Å². The van der Waals surface area contributed by atoms with Crippen LogP contribution in [0.25, 0.3) is 0 Å². The zero-order valence-corrected chi connectivity index (χ0v) is 14.3. The predicted octanol–water partition coefficient (Wildman–Crippen LogP) is 3.87. The van der Waals surface area contributed by atoms with E-state index in [4.69, 9.17) is 10.5 Å². The normalized spacial score (nSPS) is 14.5. The number of anilines is 2. The van der Waals surface area contributed by atoms with Crippen LogP contribution in [0.15, 0.2) is 0 Å². The molecule has 21 heavy (non-hydrogen) atoms. The minimum atomic E-state index is -0.287. The third-order valence-electron chi connectivity index (χ3n) is 3.80. The summed E-state index contributed by atoms with van der Waals surface area (Å²) in [6.07, 6.45) is 3.48. The molecule has 118 valence electrons. The van der Waals surface area contributed by atoms with Crippen LogP contribution >= 0.6 is 11.3 Å². The van der Waals surface area contributed by atoms with Crippen molar-refractivity contribution in [3.8, 4) is 0 Å².